The van der Waals surface area contributed by atoms with Crippen molar-refractivity contribution in [1.29, 1.82) is 0 Å². The molecular formula is C12H8BrNO2S. The molecule has 0 radical (unpaired) electrons. The zero-order valence-corrected chi connectivity index (χ0v) is 11.1. The quantitative estimate of drug-likeness (QED) is 0.622. The summed E-state index contributed by atoms with van der Waals surface area (Å²) in [5, 5.41) is 10.2. The minimum Gasteiger partial charge on any atom is -0.259 e. The number of thiophene rings is 1. The first-order valence-electron chi connectivity index (χ1n) is 4.83. The van der Waals surface area contributed by atoms with E-state index in [9.17, 15) is 10.1 Å². The van der Waals surface area contributed by atoms with Gasteiger partial charge in [-0.2, -0.15) is 0 Å². The number of nitrogens with zero attached hydrogens (tertiary/aromatic N) is 1. The van der Waals surface area contributed by atoms with E-state index < -0.39 is 4.92 Å². The summed E-state index contributed by atoms with van der Waals surface area (Å²) in [7, 11) is 0. The Morgan fingerprint density at radius 1 is 1.24 bits per heavy atom. The zero-order chi connectivity index (χ0) is 12.3. The molecule has 2 aromatic rings. The highest BCUT2D eigenvalue weighted by Crippen LogP contribution is 2.33. The van der Waals surface area contributed by atoms with Crippen molar-refractivity contribution < 1.29 is 4.92 Å². The Morgan fingerprint density at radius 2 is 2.00 bits per heavy atom. The maximum Gasteiger partial charge on any atom is 0.235 e. The molecule has 0 saturated carbocycles. The molecule has 3 nitrogen and oxygen atoms in total. The molecule has 5 heteroatoms. The Kier molecular flexibility index (Phi) is 3.71. The molecule has 2 rings (SSSR count). The van der Waals surface area contributed by atoms with Crippen LogP contribution in [0.5, 0.6) is 0 Å². The average Bonchev–Trinajstić information content (AvgIpc) is 2.75. The molecule has 0 amide bonds. The number of rotatable bonds is 3. The van der Waals surface area contributed by atoms with Gasteiger partial charge in [-0.25, -0.2) is 0 Å². The second-order valence-electron chi connectivity index (χ2n) is 3.28. The van der Waals surface area contributed by atoms with Gasteiger partial charge >= 0.3 is 0 Å². The fraction of sp³-hybridized carbons (Fsp3) is 0. The van der Waals surface area contributed by atoms with Crippen molar-refractivity contribution in [2.45, 2.75) is 0 Å². The first-order chi connectivity index (χ1) is 8.16. The Morgan fingerprint density at radius 3 is 2.71 bits per heavy atom. The standard InChI is InChI=1S/C12H8BrNO2S/c13-11-4-2-1-3-10(11)12-6-5-9(17-12)7-8-14(15)16/h1-8H. The van der Waals surface area contributed by atoms with E-state index in [0.29, 0.717) is 0 Å². The van der Waals surface area contributed by atoms with E-state index in [2.05, 4.69) is 15.9 Å². The minimum absolute atomic E-state index is 0.460. The van der Waals surface area contributed by atoms with Crippen LogP contribution in [0.2, 0.25) is 0 Å². The van der Waals surface area contributed by atoms with Gasteiger partial charge in [0.15, 0.2) is 0 Å². The van der Waals surface area contributed by atoms with Crippen LogP contribution in [-0.4, -0.2) is 4.92 Å². The van der Waals surface area contributed by atoms with E-state index in [4.69, 9.17) is 0 Å². The van der Waals surface area contributed by atoms with Crippen molar-refractivity contribution in [2.75, 3.05) is 0 Å². The Labute approximate surface area is 111 Å². The van der Waals surface area contributed by atoms with Crippen LogP contribution in [0.25, 0.3) is 16.5 Å². The number of hydrogen-bond acceptors (Lipinski definition) is 3. The molecule has 0 saturated heterocycles. The molecule has 0 aliphatic rings. The fourth-order valence-electron chi connectivity index (χ4n) is 1.38. The highest BCUT2D eigenvalue weighted by atomic mass is 79.9. The van der Waals surface area contributed by atoms with Crippen LogP contribution in [-0.2, 0) is 0 Å². The van der Waals surface area contributed by atoms with Gasteiger partial charge in [-0.3, -0.25) is 10.1 Å². The van der Waals surface area contributed by atoms with E-state index in [1.165, 1.54) is 17.4 Å². The second-order valence-corrected chi connectivity index (χ2v) is 5.25. The summed E-state index contributed by atoms with van der Waals surface area (Å²) in [4.78, 5) is 11.7. The molecule has 1 heterocycles. The van der Waals surface area contributed by atoms with Gasteiger partial charge in [0.1, 0.15) is 0 Å². The van der Waals surface area contributed by atoms with Gasteiger partial charge in [0, 0.05) is 25.9 Å². The van der Waals surface area contributed by atoms with Crippen molar-refractivity contribution >= 4 is 33.3 Å². The highest BCUT2D eigenvalue weighted by molar-refractivity contribution is 9.10. The lowest BCUT2D eigenvalue weighted by molar-refractivity contribution is -0.400. The lowest BCUT2D eigenvalue weighted by Crippen LogP contribution is -1.80. The van der Waals surface area contributed by atoms with Crippen molar-refractivity contribution in [3.63, 3.8) is 0 Å². The third-order valence-electron chi connectivity index (χ3n) is 2.13. The van der Waals surface area contributed by atoms with E-state index in [1.807, 2.05) is 36.4 Å². The fourth-order valence-corrected chi connectivity index (χ4v) is 2.96. The summed E-state index contributed by atoms with van der Waals surface area (Å²) >= 11 is 5.01. The monoisotopic (exact) mass is 309 g/mol. The molecule has 1 aromatic carbocycles. The van der Waals surface area contributed by atoms with Crippen molar-refractivity contribution in [2.24, 2.45) is 0 Å². The summed E-state index contributed by atoms with van der Waals surface area (Å²) in [5.74, 6) is 0. The zero-order valence-electron chi connectivity index (χ0n) is 8.67. The first-order valence-corrected chi connectivity index (χ1v) is 6.44. The van der Waals surface area contributed by atoms with Gasteiger partial charge in [-0.05, 0) is 18.2 Å². The maximum absolute atomic E-state index is 10.2. The number of hydrogen-bond donors (Lipinski definition) is 0. The molecule has 0 bridgehead atoms. The molecule has 0 spiro atoms. The smallest absolute Gasteiger partial charge is 0.235 e. The van der Waals surface area contributed by atoms with Crippen LogP contribution in [0.15, 0.2) is 47.1 Å². The number of halogens is 1. The van der Waals surface area contributed by atoms with Gasteiger partial charge < -0.3 is 0 Å². The summed E-state index contributed by atoms with van der Waals surface area (Å²) in [5.41, 5.74) is 1.10. The van der Waals surface area contributed by atoms with Crippen LogP contribution >= 0.6 is 27.3 Å². The predicted octanol–water partition coefficient (Wildman–Crippen LogP) is 4.43. The normalized spacial score (nSPS) is 10.9. The van der Waals surface area contributed by atoms with Crippen LogP contribution in [0.1, 0.15) is 4.88 Å². The molecule has 0 unspecified atom stereocenters. The Balaban J connectivity index is 2.30. The van der Waals surface area contributed by atoms with E-state index in [0.717, 1.165) is 26.0 Å². The van der Waals surface area contributed by atoms with Crippen LogP contribution in [0.4, 0.5) is 0 Å². The first kappa shape index (κ1) is 12.0. The van der Waals surface area contributed by atoms with E-state index in [-0.39, 0.29) is 0 Å². The van der Waals surface area contributed by atoms with Gasteiger partial charge in [-0.15, -0.1) is 11.3 Å². The minimum atomic E-state index is -0.460. The molecule has 0 aliphatic heterocycles. The molecule has 0 fully saturated rings. The number of nitro groups is 1. The maximum atomic E-state index is 10.2. The summed E-state index contributed by atoms with van der Waals surface area (Å²) in [6, 6.07) is 11.7. The van der Waals surface area contributed by atoms with Gasteiger partial charge in [0.2, 0.25) is 6.20 Å². The summed E-state index contributed by atoms with van der Waals surface area (Å²) in [6.07, 6.45) is 2.46. The van der Waals surface area contributed by atoms with Gasteiger partial charge in [0.05, 0.1) is 4.92 Å². The second kappa shape index (κ2) is 5.25. The molecule has 17 heavy (non-hydrogen) atoms. The lowest BCUT2D eigenvalue weighted by Gasteiger charge is -1.99. The topological polar surface area (TPSA) is 43.1 Å². The summed E-state index contributed by atoms with van der Waals surface area (Å²) < 4.78 is 1.02. The highest BCUT2D eigenvalue weighted by Gasteiger charge is 2.04. The Hall–Kier alpha value is -1.46. The predicted molar refractivity (Wildman–Crippen MR) is 73.5 cm³/mol. The van der Waals surface area contributed by atoms with E-state index in [1.54, 1.807) is 0 Å². The molecule has 1 aromatic heterocycles. The average molecular weight is 310 g/mol. The molecule has 0 N–H and O–H groups in total. The molecule has 0 atom stereocenters. The third-order valence-corrected chi connectivity index (χ3v) is 3.90. The number of benzene rings is 1. The van der Waals surface area contributed by atoms with E-state index >= 15 is 0 Å². The van der Waals surface area contributed by atoms with Crippen LogP contribution in [0, 0.1) is 10.1 Å². The third kappa shape index (κ3) is 3.01. The molecular weight excluding hydrogens is 302 g/mol. The van der Waals surface area contributed by atoms with Crippen molar-refractivity contribution in [3.8, 4) is 10.4 Å². The Bertz CT molecular complexity index is 577. The van der Waals surface area contributed by atoms with Crippen molar-refractivity contribution in [3.05, 3.63) is 62.1 Å². The van der Waals surface area contributed by atoms with Gasteiger partial charge in [-0.1, -0.05) is 34.1 Å². The lowest BCUT2D eigenvalue weighted by atomic mass is 10.2. The largest absolute Gasteiger partial charge is 0.259 e. The van der Waals surface area contributed by atoms with Crippen molar-refractivity contribution in [1.82, 2.24) is 0 Å². The van der Waals surface area contributed by atoms with Crippen LogP contribution < -0.4 is 0 Å². The SMILES string of the molecule is O=[N+]([O-])C=Cc1ccc(-c2ccccc2Br)s1. The molecule has 86 valence electrons. The summed E-state index contributed by atoms with van der Waals surface area (Å²) in [6.45, 7) is 0. The van der Waals surface area contributed by atoms with Gasteiger partial charge in [0.25, 0.3) is 0 Å². The van der Waals surface area contributed by atoms with Crippen LogP contribution in [0.3, 0.4) is 0 Å². The molecule has 0 aliphatic carbocycles.